The molecule has 434 valence electrons. The van der Waals surface area contributed by atoms with Crippen molar-refractivity contribution in [2.45, 2.75) is 149 Å². The number of hydrogen-bond donors (Lipinski definition) is 2. The van der Waals surface area contributed by atoms with E-state index < -0.39 is 117 Å². The fraction of sp³-hybridized carbons (Fsp3) is 0.508. The number of carbonyl (C=O) groups excluding carboxylic acids is 6. The number of nitrogens with zero attached hydrogens (tertiary/aromatic N) is 4. The van der Waals surface area contributed by atoms with Gasteiger partial charge in [-0.3, -0.25) is 14.4 Å². The highest BCUT2D eigenvalue weighted by Gasteiger charge is 2.78. The molecule has 1 aromatic heterocycles. The van der Waals surface area contributed by atoms with Crippen molar-refractivity contribution in [1.29, 1.82) is 0 Å². The van der Waals surface area contributed by atoms with Crippen molar-refractivity contribution < 1.29 is 81.8 Å². The van der Waals surface area contributed by atoms with Gasteiger partial charge in [0.1, 0.15) is 67.5 Å². The summed E-state index contributed by atoms with van der Waals surface area (Å²) < 4.78 is 47.5. The molecule has 4 aromatic rings. The number of Topliss-reactive ketones (excluding diaryl/α,β-unsaturated/α-hetero) is 1. The minimum absolute atomic E-state index is 0.0448. The van der Waals surface area contributed by atoms with E-state index in [2.05, 4.69) is 4.98 Å². The summed E-state index contributed by atoms with van der Waals surface area (Å²) in [5.41, 5.74) is -4.62. The number of aliphatic hydroxyl groups is 2. The van der Waals surface area contributed by atoms with E-state index in [1.54, 1.807) is 80.5 Å². The molecule has 2 bridgehead atoms. The first-order chi connectivity index (χ1) is 38.2. The Morgan fingerprint density at radius 2 is 1.56 bits per heavy atom. The average Bonchev–Trinajstić information content (AvgIpc) is 1.12. The van der Waals surface area contributed by atoms with Crippen molar-refractivity contribution in [1.82, 2.24) is 14.5 Å². The molecular formula is C59H70N4O18. The lowest BCUT2D eigenvalue weighted by atomic mass is 9.43. The molecule has 2 amide bonds. The number of carbonyl (C=O) groups is 6. The lowest BCUT2D eigenvalue weighted by Crippen LogP contribution is -2.81. The van der Waals surface area contributed by atoms with Crippen LogP contribution in [-0.4, -0.2) is 133 Å². The van der Waals surface area contributed by atoms with Crippen molar-refractivity contribution in [3.05, 3.63) is 141 Å². The second-order valence-corrected chi connectivity index (χ2v) is 22.8. The highest BCUT2D eigenvalue weighted by atomic mass is 16.7. The topological polar surface area (TPSA) is 281 Å². The maximum Gasteiger partial charge on any atom is 0.508 e. The number of nitro groups is 1. The molecule has 0 spiro atoms. The molecule has 1 unspecified atom stereocenters. The van der Waals surface area contributed by atoms with Gasteiger partial charge >= 0.3 is 30.0 Å². The van der Waals surface area contributed by atoms with Crippen LogP contribution in [0.1, 0.15) is 109 Å². The van der Waals surface area contributed by atoms with Gasteiger partial charge in [-0.25, -0.2) is 28.8 Å². The number of hydrogen-bond acceptors (Lipinski definition) is 19. The lowest BCUT2D eigenvalue weighted by Gasteiger charge is -2.67. The molecule has 3 heterocycles. The Morgan fingerprint density at radius 1 is 0.926 bits per heavy atom. The fourth-order valence-corrected chi connectivity index (χ4v) is 12.5. The van der Waals surface area contributed by atoms with E-state index >= 15 is 4.79 Å². The van der Waals surface area contributed by atoms with Crippen LogP contribution in [-0.2, 0) is 65.4 Å². The van der Waals surface area contributed by atoms with Crippen LogP contribution in [0.25, 0.3) is 0 Å². The maximum atomic E-state index is 15.3. The van der Waals surface area contributed by atoms with Gasteiger partial charge in [-0.05, 0) is 73.9 Å². The quantitative estimate of drug-likeness (QED) is 0.0179. The third kappa shape index (κ3) is 11.4. The van der Waals surface area contributed by atoms with Crippen molar-refractivity contribution in [2.75, 3.05) is 20.0 Å². The van der Waals surface area contributed by atoms with E-state index in [4.69, 9.17) is 37.9 Å². The number of β-lactam (4-membered cyclic amide) rings is 1. The lowest BCUT2D eigenvalue weighted by molar-refractivity contribution is -0.392. The predicted molar refractivity (Wildman–Crippen MR) is 285 cm³/mol. The van der Waals surface area contributed by atoms with E-state index in [-0.39, 0.29) is 50.8 Å². The largest absolute Gasteiger partial charge is 0.508 e. The number of rotatable bonds is 14. The van der Waals surface area contributed by atoms with Crippen LogP contribution < -0.4 is 0 Å². The minimum atomic E-state index is -2.07. The van der Waals surface area contributed by atoms with E-state index in [1.165, 1.54) is 23.6 Å². The molecule has 9 rings (SSSR count). The average molecular weight is 1120 g/mol. The van der Waals surface area contributed by atoms with Gasteiger partial charge in [-0.1, -0.05) is 99.6 Å². The SMILES string of the molecule is CC(=O)O[C@@]12CO[C@@H]1C[C@H](OC(=O)OCCn1c([N+](=O)[O-])cnc1C)[C@@]1(C)C(=O)[C@H](C)C3=C(C)[C@@H](O)C[C@@](O)([C@@H](OC(=O)c4ccccc4)C12)C3(C)C.CC(C)(C)OC(=O)N1C(=O)[C@H](OCOCc2ccccc2)[C@@H]1c1ccccc1. The molecule has 2 saturated heterocycles. The van der Waals surface area contributed by atoms with Crippen LogP contribution in [0.15, 0.2) is 108 Å². The Kier molecular flexibility index (Phi) is 17.1. The number of ketones is 1. The summed E-state index contributed by atoms with van der Waals surface area (Å²) in [5.74, 6) is -4.77. The number of aryl methyl sites for hydroxylation is 1. The first kappa shape index (κ1) is 59.7. The van der Waals surface area contributed by atoms with Gasteiger partial charge in [0.05, 0.1) is 36.2 Å². The van der Waals surface area contributed by atoms with Gasteiger partial charge in [-0.15, -0.1) is 0 Å². The predicted octanol–water partition coefficient (Wildman–Crippen LogP) is 7.70. The number of imide groups is 1. The van der Waals surface area contributed by atoms with Crippen LogP contribution >= 0.6 is 0 Å². The summed E-state index contributed by atoms with van der Waals surface area (Å²) in [4.78, 5) is 96.6. The standard InChI is InChI=1S/C37H45N3O13.C22H25NO5/c1-19-24(42)16-37(46)31(52-32(44)23-11-9-8-10-12-23)29-35(7,30(43)20(2)28(19)34(37,5)6)25(15-26-36(29,18-50-26)53-22(4)41)51-33(45)49-14-13-39-21(3)38-17-27(39)40(47)48;1-22(2,3)28-21(25)23-18(17-12-8-5-9-13-17)19(20(23)24)27-15-26-14-16-10-6-4-7-11-16/h8-12,17,20,24-26,29,31,42,46H,13-16,18H2,1-7H3;4-13,18-19H,14-15H2,1-3H3/t20-,24+,25+,26-,29?,31+,35-,36+,37-;18-,19+/m10/s1. The van der Waals surface area contributed by atoms with Crippen molar-refractivity contribution in [2.24, 2.45) is 22.7 Å². The highest BCUT2D eigenvalue weighted by molar-refractivity contribution is 6.01. The van der Waals surface area contributed by atoms with Crippen molar-refractivity contribution >= 4 is 41.7 Å². The molecule has 2 saturated carbocycles. The number of esters is 2. The summed E-state index contributed by atoms with van der Waals surface area (Å²) in [5, 5.41) is 36.0. The number of imidazole rings is 1. The number of amides is 2. The van der Waals surface area contributed by atoms with Gasteiger partial charge in [-0.2, -0.15) is 0 Å². The molecule has 4 fully saturated rings. The minimum Gasteiger partial charge on any atom is -0.455 e. The Balaban J connectivity index is 0.000000258. The molecule has 81 heavy (non-hydrogen) atoms. The van der Waals surface area contributed by atoms with E-state index in [9.17, 15) is 44.3 Å². The van der Waals surface area contributed by atoms with Crippen LogP contribution in [0.2, 0.25) is 0 Å². The normalized spacial score (nSPS) is 29.1. The molecule has 11 atom stereocenters. The first-order valence-corrected chi connectivity index (χ1v) is 26.7. The van der Waals surface area contributed by atoms with Gasteiger partial charge in [0.25, 0.3) is 5.91 Å². The number of aromatic nitrogens is 2. The highest BCUT2D eigenvalue weighted by Crippen LogP contribution is 2.65. The van der Waals surface area contributed by atoms with Crippen LogP contribution in [0.4, 0.5) is 15.4 Å². The number of ether oxygens (including phenoxy) is 8. The summed E-state index contributed by atoms with van der Waals surface area (Å²) in [7, 11) is 0. The second kappa shape index (κ2) is 23.2. The van der Waals surface area contributed by atoms with Gasteiger partial charge in [0.15, 0.2) is 17.5 Å². The van der Waals surface area contributed by atoms with Crippen molar-refractivity contribution in [3.8, 4) is 0 Å². The van der Waals surface area contributed by atoms with E-state index in [0.29, 0.717) is 23.6 Å². The molecule has 2 N–H and O–H groups in total. The Hall–Kier alpha value is -7.37. The Labute approximate surface area is 468 Å². The third-order valence-corrected chi connectivity index (χ3v) is 16.4. The number of benzene rings is 3. The van der Waals surface area contributed by atoms with E-state index in [1.807, 2.05) is 60.7 Å². The number of aliphatic hydroxyl groups excluding tert-OH is 1. The van der Waals surface area contributed by atoms with Gasteiger partial charge < -0.3 is 58.2 Å². The first-order valence-electron chi connectivity index (χ1n) is 26.7. The summed E-state index contributed by atoms with van der Waals surface area (Å²) in [6, 6.07) is 26.5. The molecule has 2 aliphatic heterocycles. The monoisotopic (exact) mass is 1120 g/mol. The Bertz CT molecular complexity index is 3050. The zero-order chi connectivity index (χ0) is 59.0. The van der Waals surface area contributed by atoms with Gasteiger partial charge in [0.2, 0.25) is 0 Å². The van der Waals surface area contributed by atoms with E-state index in [0.717, 1.165) is 22.2 Å². The zero-order valence-electron chi connectivity index (χ0n) is 47.0. The second-order valence-electron chi connectivity index (χ2n) is 22.8. The molecule has 0 radical (unpaired) electrons. The van der Waals surface area contributed by atoms with Gasteiger partial charge in [0, 0.05) is 38.0 Å². The van der Waals surface area contributed by atoms with Crippen LogP contribution in [0.5, 0.6) is 0 Å². The summed E-state index contributed by atoms with van der Waals surface area (Å²) in [6.07, 6.45) is -7.16. The molecule has 22 nitrogen and oxygen atoms in total. The molecule has 22 heteroatoms. The summed E-state index contributed by atoms with van der Waals surface area (Å²) in [6.45, 7) is 16.0. The maximum absolute atomic E-state index is 15.3. The summed E-state index contributed by atoms with van der Waals surface area (Å²) >= 11 is 0. The molecular weight excluding hydrogens is 1050 g/mol. The van der Waals surface area contributed by atoms with Crippen LogP contribution in [0.3, 0.4) is 0 Å². The molecule has 3 aromatic carbocycles. The third-order valence-electron chi connectivity index (χ3n) is 16.4. The fourth-order valence-electron chi connectivity index (χ4n) is 12.5. The zero-order valence-corrected chi connectivity index (χ0v) is 47.0. The van der Waals surface area contributed by atoms with Crippen molar-refractivity contribution in [3.63, 3.8) is 0 Å². The Morgan fingerprint density at radius 3 is 2.15 bits per heavy atom. The van der Waals surface area contributed by atoms with Crippen LogP contribution in [0, 0.1) is 39.7 Å². The number of likely N-dealkylation sites (tertiary alicyclic amines) is 1. The molecule has 5 aliphatic rings. The molecule has 3 aliphatic carbocycles. The number of fused-ring (bicyclic) bond motifs is 5. The smallest absolute Gasteiger partial charge is 0.455 e.